The molecule has 100 valence electrons. The van der Waals surface area contributed by atoms with Crippen LogP contribution in [0.25, 0.3) is 11.1 Å². The van der Waals surface area contributed by atoms with Crippen molar-refractivity contribution in [1.29, 1.82) is 5.26 Å². The molecule has 2 N–H and O–H groups in total. The first-order valence-corrected chi connectivity index (χ1v) is 7.08. The second-order valence-electron chi connectivity index (χ2n) is 5.21. The van der Waals surface area contributed by atoms with Gasteiger partial charge < -0.3 is 5.73 Å². The zero-order valence-electron chi connectivity index (χ0n) is 11.4. The molecule has 0 aliphatic heterocycles. The molecule has 3 heteroatoms. The number of anilines is 1. The third-order valence-corrected chi connectivity index (χ3v) is 3.93. The fraction of sp³-hybridized carbons (Fsp3) is 0.294. The summed E-state index contributed by atoms with van der Waals surface area (Å²) in [6.45, 7) is 0. The molecule has 1 aliphatic rings. The summed E-state index contributed by atoms with van der Waals surface area (Å²) >= 11 is 0. The topological polar surface area (TPSA) is 62.7 Å². The van der Waals surface area contributed by atoms with Gasteiger partial charge in [-0.1, -0.05) is 36.8 Å². The number of pyridine rings is 1. The van der Waals surface area contributed by atoms with Gasteiger partial charge in [-0.3, -0.25) is 0 Å². The van der Waals surface area contributed by atoms with Crippen molar-refractivity contribution in [1.82, 2.24) is 4.98 Å². The van der Waals surface area contributed by atoms with Crippen LogP contribution in [0.5, 0.6) is 0 Å². The Morgan fingerprint density at radius 1 is 1.05 bits per heavy atom. The Balaban J connectivity index is 2.30. The smallest absolute Gasteiger partial charge is 0.142 e. The third kappa shape index (κ3) is 2.14. The molecule has 3 nitrogen and oxygen atoms in total. The van der Waals surface area contributed by atoms with E-state index >= 15 is 0 Å². The van der Waals surface area contributed by atoms with Gasteiger partial charge in [0.25, 0.3) is 0 Å². The van der Waals surface area contributed by atoms with Crippen LogP contribution in [0.2, 0.25) is 0 Å². The summed E-state index contributed by atoms with van der Waals surface area (Å²) in [6.07, 6.45) is 5.47. The maximum atomic E-state index is 9.46. The van der Waals surface area contributed by atoms with E-state index in [-0.39, 0.29) is 0 Å². The van der Waals surface area contributed by atoms with Gasteiger partial charge in [-0.15, -0.1) is 0 Å². The number of nitrogen functional groups attached to an aromatic ring is 1. The Kier molecular flexibility index (Phi) is 3.39. The molecular weight excluding hydrogens is 246 g/mol. The summed E-state index contributed by atoms with van der Waals surface area (Å²) in [4.78, 5) is 4.49. The standard InChI is InChI=1S/C17H17N3/c18-11-14-16(12-7-3-1-4-8-12)13-9-5-2-6-10-15(13)20-17(14)19/h1,3-4,7-8H,2,5-6,9-10H2,(H2,19,20). The summed E-state index contributed by atoms with van der Waals surface area (Å²) < 4.78 is 0. The van der Waals surface area contributed by atoms with Crippen molar-refractivity contribution in [3.8, 4) is 17.2 Å². The Bertz CT molecular complexity index is 669. The predicted molar refractivity (Wildman–Crippen MR) is 80.1 cm³/mol. The van der Waals surface area contributed by atoms with Gasteiger partial charge >= 0.3 is 0 Å². The van der Waals surface area contributed by atoms with Gasteiger partial charge in [0.1, 0.15) is 17.5 Å². The molecule has 2 aromatic rings. The second-order valence-corrected chi connectivity index (χ2v) is 5.21. The van der Waals surface area contributed by atoms with Gasteiger partial charge in [0.15, 0.2) is 0 Å². The molecule has 1 aromatic carbocycles. The minimum atomic E-state index is 0.368. The molecule has 1 aliphatic carbocycles. The third-order valence-electron chi connectivity index (χ3n) is 3.93. The fourth-order valence-corrected chi connectivity index (χ4v) is 2.98. The lowest BCUT2D eigenvalue weighted by Crippen LogP contribution is -2.06. The van der Waals surface area contributed by atoms with E-state index in [0.29, 0.717) is 11.4 Å². The van der Waals surface area contributed by atoms with Crippen LogP contribution in [-0.2, 0) is 12.8 Å². The highest BCUT2D eigenvalue weighted by Gasteiger charge is 2.20. The number of nitrogens with two attached hydrogens (primary N) is 1. The number of aryl methyl sites for hydroxylation is 1. The molecule has 3 rings (SSSR count). The Morgan fingerprint density at radius 2 is 1.80 bits per heavy atom. The molecule has 0 saturated carbocycles. The van der Waals surface area contributed by atoms with Crippen molar-refractivity contribution in [2.45, 2.75) is 32.1 Å². The molecule has 0 fully saturated rings. The van der Waals surface area contributed by atoms with Gasteiger partial charge in [0, 0.05) is 11.3 Å². The number of nitriles is 1. The Hall–Kier alpha value is -2.34. The number of rotatable bonds is 1. The minimum Gasteiger partial charge on any atom is -0.383 e. The number of aromatic nitrogens is 1. The molecule has 1 heterocycles. The Labute approximate surface area is 119 Å². The summed E-state index contributed by atoms with van der Waals surface area (Å²) in [5, 5.41) is 9.46. The minimum absolute atomic E-state index is 0.368. The van der Waals surface area contributed by atoms with E-state index in [9.17, 15) is 5.26 Å². The van der Waals surface area contributed by atoms with Crippen molar-refractivity contribution in [3.05, 3.63) is 47.2 Å². The Morgan fingerprint density at radius 3 is 2.55 bits per heavy atom. The lowest BCUT2D eigenvalue weighted by molar-refractivity contribution is 0.709. The van der Waals surface area contributed by atoms with Crippen molar-refractivity contribution in [3.63, 3.8) is 0 Å². The second kappa shape index (κ2) is 5.34. The summed E-state index contributed by atoms with van der Waals surface area (Å²) in [5.74, 6) is 0.368. The van der Waals surface area contributed by atoms with Crippen LogP contribution in [0.1, 0.15) is 36.1 Å². The first-order valence-electron chi connectivity index (χ1n) is 7.08. The molecular formula is C17H17N3. The number of nitrogens with zero attached hydrogens (tertiary/aromatic N) is 2. The van der Waals surface area contributed by atoms with Crippen molar-refractivity contribution >= 4 is 5.82 Å². The molecule has 0 atom stereocenters. The molecule has 0 saturated heterocycles. The van der Waals surface area contributed by atoms with E-state index in [2.05, 4.69) is 11.1 Å². The lowest BCUT2D eigenvalue weighted by Gasteiger charge is -2.15. The van der Waals surface area contributed by atoms with Gasteiger partial charge in [-0.05, 0) is 36.8 Å². The van der Waals surface area contributed by atoms with Crippen LogP contribution in [0.15, 0.2) is 30.3 Å². The van der Waals surface area contributed by atoms with Gasteiger partial charge in [0.2, 0.25) is 0 Å². The first kappa shape index (κ1) is 12.7. The first-order chi connectivity index (χ1) is 9.81. The van der Waals surface area contributed by atoms with E-state index in [1.807, 2.05) is 30.3 Å². The lowest BCUT2D eigenvalue weighted by atomic mass is 9.92. The predicted octanol–water partition coefficient (Wildman–Crippen LogP) is 3.47. The number of fused-ring (bicyclic) bond motifs is 1. The molecule has 0 amide bonds. The molecule has 0 spiro atoms. The molecule has 0 unspecified atom stereocenters. The van der Waals surface area contributed by atoms with Crippen LogP contribution in [-0.4, -0.2) is 4.98 Å². The zero-order valence-corrected chi connectivity index (χ0v) is 11.4. The van der Waals surface area contributed by atoms with Crippen LogP contribution >= 0.6 is 0 Å². The maximum absolute atomic E-state index is 9.46. The number of hydrogen-bond acceptors (Lipinski definition) is 3. The largest absolute Gasteiger partial charge is 0.383 e. The number of benzene rings is 1. The SMILES string of the molecule is N#Cc1c(N)nc2c(c1-c1ccccc1)CCCCC2. The highest BCUT2D eigenvalue weighted by Crippen LogP contribution is 2.35. The highest BCUT2D eigenvalue weighted by atomic mass is 14.9. The average molecular weight is 263 g/mol. The van der Waals surface area contributed by atoms with E-state index in [1.54, 1.807) is 0 Å². The average Bonchev–Trinajstić information content (AvgIpc) is 2.71. The molecule has 0 radical (unpaired) electrons. The molecule has 20 heavy (non-hydrogen) atoms. The van der Waals surface area contributed by atoms with Crippen molar-refractivity contribution in [2.75, 3.05) is 5.73 Å². The molecule has 1 aromatic heterocycles. The summed E-state index contributed by atoms with van der Waals surface area (Å²) in [7, 11) is 0. The maximum Gasteiger partial charge on any atom is 0.142 e. The van der Waals surface area contributed by atoms with E-state index < -0.39 is 0 Å². The summed E-state index contributed by atoms with van der Waals surface area (Å²) in [5.41, 5.74) is 10.9. The quantitative estimate of drug-likeness (QED) is 0.801. The van der Waals surface area contributed by atoms with Crippen LogP contribution in [0.3, 0.4) is 0 Å². The zero-order chi connectivity index (χ0) is 13.9. The van der Waals surface area contributed by atoms with Crippen LogP contribution in [0.4, 0.5) is 5.82 Å². The fourth-order valence-electron chi connectivity index (χ4n) is 2.98. The summed E-state index contributed by atoms with van der Waals surface area (Å²) in [6, 6.07) is 12.3. The van der Waals surface area contributed by atoms with Crippen LogP contribution in [0, 0.1) is 11.3 Å². The monoisotopic (exact) mass is 263 g/mol. The van der Waals surface area contributed by atoms with Gasteiger partial charge in [-0.2, -0.15) is 5.26 Å². The van der Waals surface area contributed by atoms with Crippen molar-refractivity contribution in [2.24, 2.45) is 0 Å². The number of hydrogen-bond donors (Lipinski definition) is 1. The van der Waals surface area contributed by atoms with E-state index in [1.165, 1.54) is 12.0 Å². The molecule has 0 bridgehead atoms. The van der Waals surface area contributed by atoms with Crippen LogP contribution < -0.4 is 5.73 Å². The van der Waals surface area contributed by atoms with E-state index in [4.69, 9.17) is 5.73 Å². The normalized spacial score (nSPS) is 14.2. The van der Waals surface area contributed by atoms with Gasteiger partial charge in [0.05, 0.1) is 0 Å². The van der Waals surface area contributed by atoms with E-state index in [0.717, 1.165) is 42.5 Å². The van der Waals surface area contributed by atoms with Gasteiger partial charge in [-0.25, -0.2) is 4.98 Å². The van der Waals surface area contributed by atoms with Crippen molar-refractivity contribution < 1.29 is 0 Å². The highest BCUT2D eigenvalue weighted by molar-refractivity contribution is 5.79.